The summed E-state index contributed by atoms with van der Waals surface area (Å²) in [5, 5.41) is 0. The van der Waals surface area contributed by atoms with Crippen LogP contribution in [0.3, 0.4) is 0 Å². The van der Waals surface area contributed by atoms with Crippen molar-refractivity contribution in [2.75, 3.05) is 0 Å². The van der Waals surface area contributed by atoms with E-state index in [-0.39, 0.29) is 0 Å². The van der Waals surface area contributed by atoms with Gasteiger partial charge in [0.05, 0.1) is 0 Å². The van der Waals surface area contributed by atoms with Crippen LogP contribution in [0.25, 0.3) is 0 Å². The SMILES string of the molecule is CC(C)N(C(=O)CCCCCCCc1ncc[nH]1)C(C)C. The van der Waals surface area contributed by atoms with E-state index in [0.29, 0.717) is 24.4 Å². The maximum Gasteiger partial charge on any atom is 0.223 e. The Hall–Kier alpha value is -1.32. The van der Waals surface area contributed by atoms with Gasteiger partial charge in [0.2, 0.25) is 5.91 Å². The number of unbranched alkanes of at least 4 members (excludes halogenated alkanes) is 4. The molecule has 4 heteroatoms. The second-order valence-electron chi connectivity index (χ2n) is 6.29. The van der Waals surface area contributed by atoms with Crippen LogP contribution in [0.5, 0.6) is 0 Å². The zero-order chi connectivity index (χ0) is 15.7. The molecule has 1 aromatic rings. The van der Waals surface area contributed by atoms with Crippen molar-refractivity contribution in [2.45, 2.75) is 84.7 Å². The van der Waals surface area contributed by atoms with E-state index in [1.807, 2.05) is 11.1 Å². The second-order valence-corrected chi connectivity index (χ2v) is 6.29. The first-order valence-corrected chi connectivity index (χ1v) is 8.31. The molecule has 4 nitrogen and oxygen atoms in total. The lowest BCUT2D eigenvalue weighted by atomic mass is 10.1. The molecule has 1 amide bonds. The third-order valence-corrected chi connectivity index (χ3v) is 3.76. The number of hydrogen-bond acceptors (Lipinski definition) is 2. The predicted molar refractivity (Wildman–Crippen MR) is 87.1 cm³/mol. The molecule has 0 fully saturated rings. The summed E-state index contributed by atoms with van der Waals surface area (Å²) in [6, 6.07) is 0.594. The number of nitrogens with one attached hydrogen (secondary N) is 1. The maximum absolute atomic E-state index is 12.2. The summed E-state index contributed by atoms with van der Waals surface area (Å²) >= 11 is 0. The summed E-state index contributed by atoms with van der Waals surface area (Å²) in [5.41, 5.74) is 0. The van der Waals surface area contributed by atoms with Crippen LogP contribution in [-0.2, 0) is 11.2 Å². The molecule has 0 radical (unpaired) electrons. The average Bonchev–Trinajstić information content (AvgIpc) is 2.89. The Morgan fingerprint density at radius 3 is 2.29 bits per heavy atom. The topological polar surface area (TPSA) is 49.0 Å². The molecule has 0 atom stereocenters. The van der Waals surface area contributed by atoms with Gasteiger partial charge in [-0.25, -0.2) is 4.98 Å². The van der Waals surface area contributed by atoms with E-state index in [2.05, 4.69) is 37.7 Å². The van der Waals surface area contributed by atoms with E-state index >= 15 is 0 Å². The molecule has 0 aliphatic rings. The molecule has 1 rings (SSSR count). The highest BCUT2D eigenvalue weighted by Crippen LogP contribution is 2.12. The molecule has 1 N–H and O–H groups in total. The minimum absolute atomic E-state index is 0.297. The Morgan fingerprint density at radius 2 is 1.71 bits per heavy atom. The van der Waals surface area contributed by atoms with Crippen LogP contribution in [0, 0.1) is 0 Å². The van der Waals surface area contributed by atoms with Gasteiger partial charge >= 0.3 is 0 Å². The molecule has 21 heavy (non-hydrogen) atoms. The quantitative estimate of drug-likeness (QED) is 0.664. The smallest absolute Gasteiger partial charge is 0.223 e. The van der Waals surface area contributed by atoms with Gasteiger partial charge in [-0.3, -0.25) is 4.79 Å². The van der Waals surface area contributed by atoms with E-state index in [1.165, 1.54) is 19.3 Å². The fourth-order valence-corrected chi connectivity index (χ4v) is 2.84. The highest BCUT2D eigenvalue weighted by Gasteiger charge is 2.18. The van der Waals surface area contributed by atoms with Gasteiger partial charge in [0.25, 0.3) is 0 Å². The Kier molecular flexibility index (Phi) is 8.09. The van der Waals surface area contributed by atoms with Crippen molar-refractivity contribution in [1.29, 1.82) is 0 Å². The van der Waals surface area contributed by atoms with Crippen molar-refractivity contribution in [3.63, 3.8) is 0 Å². The fourth-order valence-electron chi connectivity index (χ4n) is 2.84. The minimum atomic E-state index is 0.297. The summed E-state index contributed by atoms with van der Waals surface area (Å²) < 4.78 is 0. The summed E-state index contributed by atoms with van der Waals surface area (Å²) in [6.07, 6.45) is 11.1. The molecule has 0 unspecified atom stereocenters. The van der Waals surface area contributed by atoms with Gasteiger partial charge in [-0.05, 0) is 40.5 Å². The average molecular weight is 293 g/mol. The van der Waals surface area contributed by atoms with Crippen molar-refractivity contribution in [1.82, 2.24) is 14.9 Å². The monoisotopic (exact) mass is 293 g/mol. The molecule has 0 aliphatic heterocycles. The first kappa shape index (κ1) is 17.7. The number of amides is 1. The summed E-state index contributed by atoms with van der Waals surface area (Å²) in [4.78, 5) is 21.5. The van der Waals surface area contributed by atoms with Crippen LogP contribution in [0.4, 0.5) is 0 Å². The molecular formula is C17H31N3O. The number of carbonyl (C=O) groups is 1. The summed E-state index contributed by atoms with van der Waals surface area (Å²) in [7, 11) is 0. The number of H-pyrrole nitrogens is 1. The summed E-state index contributed by atoms with van der Waals surface area (Å²) in [5.74, 6) is 1.38. The zero-order valence-corrected chi connectivity index (χ0v) is 14.1. The number of nitrogens with zero attached hydrogens (tertiary/aromatic N) is 2. The van der Waals surface area contributed by atoms with E-state index < -0.39 is 0 Å². The third-order valence-electron chi connectivity index (χ3n) is 3.76. The highest BCUT2D eigenvalue weighted by molar-refractivity contribution is 5.76. The van der Waals surface area contributed by atoms with Gasteiger partial charge in [0.1, 0.15) is 5.82 Å². The lowest BCUT2D eigenvalue weighted by Gasteiger charge is -2.30. The lowest BCUT2D eigenvalue weighted by Crippen LogP contribution is -2.41. The van der Waals surface area contributed by atoms with Gasteiger partial charge in [-0.1, -0.05) is 19.3 Å². The number of imidazole rings is 1. The van der Waals surface area contributed by atoms with E-state index in [1.54, 1.807) is 6.20 Å². The van der Waals surface area contributed by atoms with Gasteiger partial charge in [0, 0.05) is 37.3 Å². The van der Waals surface area contributed by atoms with Crippen molar-refractivity contribution < 1.29 is 4.79 Å². The van der Waals surface area contributed by atoms with Crippen LogP contribution < -0.4 is 0 Å². The number of aromatic nitrogens is 2. The van der Waals surface area contributed by atoms with Gasteiger partial charge < -0.3 is 9.88 Å². The molecule has 0 spiro atoms. The zero-order valence-electron chi connectivity index (χ0n) is 14.1. The number of hydrogen-bond donors (Lipinski definition) is 1. The molecule has 0 saturated heterocycles. The van der Waals surface area contributed by atoms with Gasteiger partial charge in [-0.2, -0.15) is 0 Å². The van der Waals surface area contributed by atoms with Crippen LogP contribution in [0.2, 0.25) is 0 Å². The minimum Gasteiger partial charge on any atom is -0.349 e. The maximum atomic E-state index is 12.2. The molecule has 0 saturated carbocycles. The predicted octanol–water partition coefficient (Wildman–Crippen LogP) is 3.94. The molecule has 0 aromatic carbocycles. The second kappa shape index (κ2) is 9.59. The molecule has 1 aromatic heterocycles. The molecule has 0 bridgehead atoms. The number of aryl methyl sites for hydroxylation is 1. The summed E-state index contributed by atoms with van der Waals surface area (Å²) in [6.45, 7) is 8.36. The van der Waals surface area contributed by atoms with Crippen molar-refractivity contribution in [2.24, 2.45) is 0 Å². The molecular weight excluding hydrogens is 262 g/mol. The lowest BCUT2D eigenvalue weighted by molar-refractivity contribution is -0.134. The van der Waals surface area contributed by atoms with Gasteiger partial charge in [-0.15, -0.1) is 0 Å². The number of carbonyl (C=O) groups excluding carboxylic acids is 1. The van der Waals surface area contributed by atoms with Crippen LogP contribution in [0.15, 0.2) is 12.4 Å². The van der Waals surface area contributed by atoms with Crippen molar-refractivity contribution in [3.8, 4) is 0 Å². The van der Waals surface area contributed by atoms with Crippen LogP contribution in [0.1, 0.15) is 72.0 Å². The largest absolute Gasteiger partial charge is 0.349 e. The van der Waals surface area contributed by atoms with Gasteiger partial charge in [0.15, 0.2) is 0 Å². The highest BCUT2D eigenvalue weighted by atomic mass is 16.2. The van der Waals surface area contributed by atoms with E-state index in [0.717, 1.165) is 25.1 Å². The third kappa shape index (κ3) is 6.78. The Bertz CT molecular complexity index is 377. The van der Waals surface area contributed by atoms with E-state index in [4.69, 9.17) is 0 Å². The Morgan fingerprint density at radius 1 is 1.10 bits per heavy atom. The molecule has 1 heterocycles. The standard InChI is InChI=1S/C17H31N3O/c1-14(2)20(15(3)4)17(21)11-9-7-5-6-8-10-16-18-12-13-19-16/h12-15H,5-11H2,1-4H3,(H,18,19). The van der Waals surface area contributed by atoms with E-state index in [9.17, 15) is 4.79 Å². The number of aromatic amines is 1. The normalized spacial score (nSPS) is 11.3. The fraction of sp³-hybridized carbons (Fsp3) is 0.765. The van der Waals surface area contributed by atoms with Crippen molar-refractivity contribution >= 4 is 5.91 Å². The molecule has 0 aliphatic carbocycles. The van der Waals surface area contributed by atoms with Crippen LogP contribution >= 0.6 is 0 Å². The van der Waals surface area contributed by atoms with Crippen molar-refractivity contribution in [3.05, 3.63) is 18.2 Å². The number of rotatable bonds is 10. The first-order chi connectivity index (χ1) is 10.0. The Labute approximate surface area is 129 Å². The van der Waals surface area contributed by atoms with Crippen LogP contribution in [-0.4, -0.2) is 32.9 Å². The first-order valence-electron chi connectivity index (χ1n) is 8.31. The Balaban J connectivity index is 2.06. The molecule has 120 valence electrons.